The van der Waals surface area contributed by atoms with E-state index in [9.17, 15) is 0 Å². The van der Waals surface area contributed by atoms with E-state index in [0.29, 0.717) is 12.5 Å². The van der Waals surface area contributed by atoms with Crippen molar-refractivity contribution >= 4 is 11.6 Å². The standard InChI is InChI=1S/C15H24ClNO/c1-15(2,3)18-8-7-13(11-17)9-12-5-4-6-14(16)10-12/h4-6,10,13H,7-9,11,17H2,1-3H3. The molecule has 0 aliphatic rings. The molecule has 2 N–H and O–H groups in total. The molecule has 1 aromatic rings. The molecule has 18 heavy (non-hydrogen) atoms. The number of halogens is 1. The van der Waals surface area contributed by atoms with Crippen molar-refractivity contribution in [3.05, 3.63) is 34.9 Å². The number of ether oxygens (including phenoxy) is 1. The molecular weight excluding hydrogens is 246 g/mol. The molecule has 0 amide bonds. The Labute approximate surface area is 115 Å². The third-order valence-electron chi connectivity index (χ3n) is 2.81. The Balaban J connectivity index is 2.42. The molecule has 1 atom stereocenters. The van der Waals surface area contributed by atoms with Crippen LogP contribution < -0.4 is 5.73 Å². The maximum absolute atomic E-state index is 5.98. The summed E-state index contributed by atoms with van der Waals surface area (Å²) in [5, 5.41) is 0.786. The smallest absolute Gasteiger partial charge is 0.0598 e. The molecule has 3 heteroatoms. The fourth-order valence-corrected chi connectivity index (χ4v) is 2.05. The summed E-state index contributed by atoms with van der Waals surface area (Å²) in [7, 11) is 0. The van der Waals surface area contributed by atoms with E-state index in [1.54, 1.807) is 0 Å². The van der Waals surface area contributed by atoms with Gasteiger partial charge in [-0.3, -0.25) is 0 Å². The summed E-state index contributed by atoms with van der Waals surface area (Å²) < 4.78 is 5.74. The zero-order chi connectivity index (χ0) is 13.6. The predicted octanol–water partition coefficient (Wildman–Crippen LogP) is 3.66. The van der Waals surface area contributed by atoms with E-state index < -0.39 is 0 Å². The van der Waals surface area contributed by atoms with Gasteiger partial charge in [-0.2, -0.15) is 0 Å². The lowest BCUT2D eigenvalue weighted by Gasteiger charge is -2.22. The van der Waals surface area contributed by atoms with Gasteiger partial charge < -0.3 is 10.5 Å². The quantitative estimate of drug-likeness (QED) is 0.855. The number of hydrogen-bond donors (Lipinski definition) is 1. The molecule has 0 spiro atoms. The van der Waals surface area contributed by atoms with Gasteiger partial charge in [0.25, 0.3) is 0 Å². The van der Waals surface area contributed by atoms with Gasteiger partial charge in [0.05, 0.1) is 5.60 Å². The van der Waals surface area contributed by atoms with Crippen LogP contribution in [0.3, 0.4) is 0 Å². The Morgan fingerprint density at radius 1 is 1.33 bits per heavy atom. The van der Waals surface area contributed by atoms with E-state index in [1.165, 1.54) is 5.56 Å². The third kappa shape index (κ3) is 6.39. The van der Waals surface area contributed by atoms with Gasteiger partial charge in [-0.15, -0.1) is 0 Å². The second kappa shape index (κ2) is 7.13. The Hall–Kier alpha value is -0.570. The maximum atomic E-state index is 5.98. The molecule has 0 aliphatic carbocycles. The lowest BCUT2D eigenvalue weighted by molar-refractivity contribution is -0.00886. The predicted molar refractivity (Wildman–Crippen MR) is 78.0 cm³/mol. The SMILES string of the molecule is CC(C)(C)OCCC(CN)Cc1cccc(Cl)c1. The van der Waals surface area contributed by atoms with Crippen LogP contribution in [0.1, 0.15) is 32.8 Å². The van der Waals surface area contributed by atoms with Crippen molar-refractivity contribution in [2.75, 3.05) is 13.2 Å². The van der Waals surface area contributed by atoms with Gasteiger partial charge in [-0.1, -0.05) is 23.7 Å². The molecule has 0 bridgehead atoms. The number of hydrogen-bond acceptors (Lipinski definition) is 2. The molecule has 0 aliphatic heterocycles. The minimum Gasteiger partial charge on any atom is -0.376 e. The summed E-state index contributed by atoms with van der Waals surface area (Å²) in [6.07, 6.45) is 1.95. The van der Waals surface area contributed by atoms with Crippen LogP contribution in [0, 0.1) is 5.92 Å². The molecule has 0 fully saturated rings. The molecule has 2 nitrogen and oxygen atoms in total. The number of rotatable bonds is 6. The van der Waals surface area contributed by atoms with Crippen molar-refractivity contribution in [2.45, 2.75) is 39.2 Å². The van der Waals surface area contributed by atoms with E-state index in [2.05, 4.69) is 26.8 Å². The highest BCUT2D eigenvalue weighted by Gasteiger charge is 2.13. The fraction of sp³-hybridized carbons (Fsp3) is 0.600. The average molecular weight is 270 g/mol. The first-order valence-corrected chi connectivity index (χ1v) is 6.87. The average Bonchev–Trinajstić information content (AvgIpc) is 2.26. The van der Waals surface area contributed by atoms with Gasteiger partial charge in [0.2, 0.25) is 0 Å². The van der Waals surface area contributed by atoms with Crippen LogP contribution in [-0.4, -0.2) is 18.8 Å². The van der Waals surface area contributed by atoms with E-state index in [0.717, 1.165) is 24.5 Å². The molecule has 0 heterocycles. The molecule has 0 aromatic heterocycles. The van der Waals surface area contributed by atoms with Crippen LogP contribution in [0.5, 0.6) is 0 Å². The van der Waals surface area contributed by atoms with Crippen molar-refractivity contribution < 1.29 is 4.74 Å². The molecule has 102 valence electrons. The van der Waals surface area contributed by atoms with Crippen LogP contribution in [0.25, 0.3) is 0 Å². The zero-order valence-corrected chi connectivity index (χ0v) is 12.3. The molecule has 1 aromatic carbocycles. The maximum Gasteiger partial charge on any atom is 0.0598 e. The highest BCUT2D eigenvalue weighted by molar-refractivity contribution is 6.30. The summed E-state index contributed by atoms with van der Waals surface area (Å²) >= 11 is 5.98. The van der Waals surface area contributed by atoms with Crippen molar-refractivity contribution in [3.8, 4) is 0 Å². The van der Waals surface area contributed by atoms with Gasteiger partial charge in [0, 0.05) is 11.6 Å². The summed E-state index contributed by atoms with van der Waals surface area (Å²) in [6.45, 7) is 7.65. The molecule has 1 rings (SSSR count). The van der Waals surface area contributed by atoms with Gasteiger partial charge in [-0.05, 0) is 63.8 Å². The molecule has 1 unspecified atom stereocenters. The largest absolute Gasteiger partial charge is 0.376 e. The Bertz CT molecular complexity index is 360. The van der Waals surface area contributed by atoms with Crippen LogP contribution in [0.15, 0.2) is 24.3 Å². The van der Waals surface area contributed by atoms with Crippen molar-refractivity contribution in [2.24, 2.45) is 11.7 Å². The second-order valence-corrected chi connectivity index (χ2v) is 6.12. The number of benzene rings is 1. The van der Waals surface area contributed by atoms with E-state index >= 15 is 0 Å². The van der Waals surface area contributed by atoms with Crippen LogP contribution in [-0.2, 0) is 11.2 Å². The first-order valence-electron chi connectivity index (χ1n) is 6.49. The first-order chi connectivity index (χ1) is 8.40. The second-order valence-electron chi connectivity index (χ2n) is 5.69. The van der Waals surface area contributed by atoms with Crippen LogP contribution in [0.4, 0.5) is 0 Å². The summed E-state index contributed by atoms with van der Waals surface area (Å²) in [5.41, 5.74) is 6.99. The van der Waals surface area contributed by atoms with E-state index in [-0.39, 0.29) is 5.60 Å². The lowest BCUT2D eigenvalue weighted by atomic mass is 9.96. The summed E-state index contributed by atoms with van der Waals surface area (Å²) in [5.74, 6) is 0.450. The van der Waals surface area contributed by atoms with Gasteiger partial charge in [0.1, 0.15) is 0 Å². The van der Waals surface area contributed by atoms with E-state index in [1.807, 2.05) is 18.2 Å². The normalized spacial score (nSPS) is 13.6. The summed E-state index contributed by atoms with van der Waals surface area (Å²) in [6, 6.07) is 7.98. The van der Waals surface area contributed by atoms with Gasteiger partial charge in [0.15, 0.2) is 0 Å². The van der Waals surface area contributed by atoms with E-state index in [4.69, 9.17) is 22.1 Å². The monoisotopic (exact) mass is 269 g/mol. The van der Waals surface area contributed by atoms with Gasteiger partial charge in [-0.25, -0.2) is 0 Å². The van der Waals surface area contributed by atoms with Crippen molar-refractivity contribution in [1.29, 1.82) is 0 Å². The highest BCUT2D eigenvalue weighted by atomic mass is 35.5. The lowest BCUT2D eigenvalue weighted by Crippen LogP contribution is -2.24. The fourth-order valence-electron chi connectivity index (χ4n) is 1.83. The molecule has 0 saturated carbocycles. The topological polar surface area (TPSA) is 35.2 Å². The molecule has 0 saturated heterocycles. The molecule has 0 radical (unpaired) electrons. The minimum absolute atomic E-state index is 0.0742. The summed E-state index contributed by atoms with van der Waals surface area (Å²) in [4.78, 5) is 0. The number of nitrogens with two attached hydrogens (primary N) is 1. The Morgan fingerprint density at radius 3 is 2.61 bits per heavy atom. The zero-order valence-electron chi connectivity index (χ0n) is 11.6. The van der Waals surface area contributed by atoms with Crippen molar-refractivity contribution in [1.82, 2.24) is 0 Å². The van der Waals surface area contributed by atoms with Crippen LogP contribution >= 0.6 is 11.6 Å². The third-order valence-corrected chi connectivity index (χ3v) is 3.04. The first kappa shape index (κ1) is 15.5. The van der Waals surface area contributed by atoms with Gasteiger partial charge >= 0.3 is 0 Å². The highest BCUT2D eigenvalue weighted by Crippen LogP contribution is 2.17. The minimum atomic E-state index is -0.0742. The Kier molecular flexibility index (Phi) is 6.13. The van der Waals surface area contributed by atoms with Crippen molar-refractivity contribution in [3.63, 3.8) is 0 Å². The Morgan fingerprint density at radius 2 is 2.06 bits per heavy atom. The van der Waals surface area contributed by atoms with Crippen LogP contribution in [0.2, 0.25) is 5.02 Å². The molecular formula is C15H24ClNO.